The van der Waals surface area contributed by atoms with Gasteiger partial charge >= 0.3 is 0 Å². The molecular formula is C20H31FO. The van der Waals surface area contributed by atoms with Crippen LogP contribution in [-0.2, 0) is 0 Å². The number of rotatable bonds is 0. The van der Waals surface area contributed by atoms with E-state index in [-0.39, 0.29) is 10.8 Å². The highest BCUT2D eigenvalue weighted by Gasteiger charge is 2.62. The molecule has 1 N–H and O–H groups in total. The zero-order valence-corrected chi connectivity index (χ0v) is 14.4. The minimum atomic E-state index is -0.614. The Morgan fingerprint density at radius 2 is 1.77 bits per heavy atom. The summed E-state index contributed by atoms with van der Waals surface area (Å²) in [7, 11) is 0. The molecule has 0 saturated heterocycles. The van der Waals surface area contributed by atoms with E-state index in [9.17, 15) is 9.50 Å². The van der Waals surface area contributed by atoms with Crippen molar-refractivity contribution in [3.05, 3.63) is 11.6 Å². The third-order valence-electron chi connectivity index (χ3n) is 8.61. The second kappa shape index (κ2) is 4.59. The van der Waals surface area contributed by atoms with Crippen LogP contribution in [0, 0.1) is 28.6 Å². The average Bonchev–Trinajstić information content (AvgIpc) is 2.70. The summed E-state index contributed by atoms with van der Waals surface area (Å²) in [4.78, 5) is 0. The highest BCUT2D eigenvalue weighted by molar-refractivity contribution is 5.26. The Hall–Kier alpha value is -0.370. The van der Waals surface area contributed by atoms with E-state index in [1.54, 1.807) is 0 Å². The largest absolute Gasteiger partial charge is 0.390 e. The Labute approximate surface area is 134 Å². The van der Waals surface area contributed by atoms with Gasteiger partial charge in [0, 0.05) is 6.42 Å². The number of fused-ring (bicyclic) bond motifs is 5. The molecule has 0 aromatic heterocycles. The zero-order chi connectivity index (χ0) is 15.8. The molecule has 0 radical (unpaired) electrons. The van der Waals surface area contributed by atoms with Crippen LogP contribution in [0.1, 0.15) is 72.1 Å². The Morgan fingerprint density at radius 3 is 2.55 bits per heavy atom. The number of allylic oxidation sites excluding steroid dienone is 2. The van der Waals surface area contributed by atoms with Crippen LogP contribution in [0.15, 0.2) is 11.6 Å². The first-order valence-corrected chi connectivity index (χ1v) is 9.34. The Kier molecular flexibility index (Phi) is 3.16. The molecule has 3 saturated carbocycles. The lowest BCUT2D eigenvalue weighted by Crippen LogP contribution is -2.53. The summed E-state index contributed by atoms with van der Waals surface area (Å²) >= 11 is 0. The minimum absolute atomic E-state index is 0.0904. The fraction of sp³-hybridized carbons (Fsp3) is 0.900. The molecule has 0 aromatic carbocycles. The van der Waals surface area contributed by atoms with E-state index < -0.39 is 11.8 Å². The summed E-state index contributed by atoms with van der Waals surface area (Å²) in [6, 6.07) is 0. The van der Waals surface area contributed by atoms with E-state index in [0.717, 1.165) is 32.1 Å². The first-order valence-electron chi connectivity index (χ1n) is 9.34. The third kappa shape index (κ3) is 1.79. The molecule has 1 nitrogen and oxygen atoms in total. The summed E-state index contributed by atoms with van der Waals surface area (Å²) in [5, 5.41) is 10.9. The van der Waals surface area contributed by atoms with Crippen LogP contribution >= 0.6 is 0 Å². The average molecular weight is 306 g/mol. The highest BCUT2D eigenvalue weighted by Crippen LogP contribution is 2.67. The van der Waals surface area contributed by atoms with Crippen molar-refractivity contribution in [1.29, 1.82) is 0 Å². The molecule has 0 heterocycles. The fourth-order valence-electron chi connectivity index (χ4n) is 6.86. The lowest BCUT2D eigenvalue weighted by molar-refractivity contribution is -0.114. The van der Waals surface area contributed by atoms with Crippen molar-refractivity contribution >= 4 is 0 Å². The van der Waals surface area contributed by atoms with Crippen LogP contribution in [-0.4, -0.2) is 16.9 Å². The lowest BCUT2D eigenvalue weighted by Gasteiger charge is -2.58. The van der Waals surface area contributed by atoms with Gasteiger partial charge in [0.1, 0.15) is 6.17 Å². The molecule has 124 valence electrons. The van der Waals surface area contributed by atoms with Gasteiger partial charge in [-0.3, -0.25) is 0 Å². The van der Waals surface area contributed by atoms with E-state index in [4.69, 9.17) is 0 Å². The number of hydrogen-bond acceptors (Lipinski definition) is 1. The van der Waals surface area contributed by atoms with Gasteiger partial charge in [-0.25, -0.2) is 4.39 Å². The third-order valence-corrected chi connectivity index (χ3v) is 8.61. The van der Waals surface area contributed by atoms with Crippen LogP contribution in [0.2, 0.25) is 0 Å². The molecule has 0 aliphatic heterocycles. The van der Waals surface area contributed by atoms with Crippen LogP contribution in [0.25, 0.3) is 0 Å². The minimum Gasteiger partial charge on any atom is -0.390 e. The molecule has 0 aromatic rings. The second-order valence-corrected chi connectivity index (χ2v) is 9.37. The maximum absolute atomic E-state index is 13.9. The van der Waals surface area contributed by atoms with Crippen LogP contribution in [0.4, 0.5) is 4.39 Å². The van der Waals surface area contributed by atoms with Gasteiger partial charge in [-0.05, 0) is 80.5 Å². The fourth-order valence-corrected chi connectivity index (χ4v) is 6.86. The lowest BCUT2D eigenvalue weighted by atomic mass is 9.47. The Morgan fingerprint density at radius 1 is 1.05 bits per heavy atom. The quantitative estimate of drug-likeness (QED) is 0.622. The maximum Gasteiger partial charge on any atom is 0.104 e. The van der Waals surface area contributed by atoms with Crippen LogP contribution in [0.5, 0.6) is 0 Å². The Balaban J connectivity index is 1.69. The van der Waals surface area contributed by atoms with Crippen molar-refractivity contribution in [3.8, 4) is 0 Å². The van der Waals surface area contributed by atoms with Crippen molar-refractivity contribution in [1.82, 2.24) is 0 Å². The predicted octanol–water partition coefficient (Wildman–Crippen LogP) is 5.04. The van der Waals surface area contributed by atoms with Crippen molar-refractivity contribution < 1.29 is 9.50 Å². The van der Waals surface area contributed by atoms with Crippen LogP contribution in [0.3, 0.4) is 0 Å². The van der Waals surface area contributed by atoms with Gasteiger partial charge < -0.3 is 5.11 Å². The topological polar surface area (TPSA) is 20.2 Å². The van der Waals surface area contributed by atoms with E-state index >= 15 is 0 Å². The molecule has 0 spiro atoms. The molecule has 3 fully saturated rings. The van der Waals surface area contributed by atoms with Crippen molar-refractivity contribution in [2.75, 3.05) is 0 Å². The molecule has 0 amide bonds. The first kappa shape index (κ1) is 15.2. The molecule has 7 atom stereocenters. The normalized spacial score (nSPS) is 57.6. The van der Waals surface area contributed by atoms with Gasteiger partial charge in [-0.2, -0.15) is 0 Å². The van der Waals surface area contributed by atoms with E-state index in [0.29, 0.717) is 24.2 Å². The van der Waals surface area contributed by atoms with Gasteiger partial charge in [0.05, 0.1) is 5.60 Å². The van der Waals surface area contributed by atoms with E-state index in [2.05, 4.69) is 26.8 Å². The molecule has 22 heavy (non-hydrogen) atoms. The molecule has 2 heteroatoms. The van der Waals surface area contributed by atoms with Crippen molar-refractivity contribution in [2.24, 2.45) is 28.6 Å². The molecule has 0 unspecified atom stereocenters. The molecule has 0 bridgehead atoms. The summed E-state index contributed by atoms with van der Waals surface area (Å²) in [5.41, 5.74) is 1.25. The van der Waals surface area contributed by atoms with Gasteiger partial charge in [-0.1, -0.05) is 25.5 Å². The summed E-state index contributed by atoms with van der Waals surface area (Å²) in [6.07, 6.45) is 9.86. The van der Waals surface area contributed by atoms with Gasteiger partial charge in [0.25, 0.3) is 0 Å². The monoisotopic (exact) mass is 306 g/mol. The predicted molar refractivity (Wildman–Crippen MR) is 87.2 cm³/mol. The summed E-state index contributed by atoms with van der Waals surface area (Å²) in [5.74, 6) is 2.07. The number of hydrogen-bond donors (Lipinski definition) is 1. The van der Waals surface area contributed by atoms with Crippen LogP contribution < -0.4 is 0 Å². The van der Waals surface area contributed by atoms with Gasteiger partial charge in [-0.15, -0.1) is 0 Å². The molecular weight excluding hydrogens is 275 g/mol. The van der Waals surface area contributed by atoms with Crippen molar-refractivity contribution in [2.45, 2.75) is 83.9 Å². The molecule has 4 aliphatic rings. The number of alkyl halides is 1. The number of halogens is 1. The Bertz CT molecular complexity index is 510. The zero-order valence-electron chi connectivity index (χ0n) is 14.4. The van der Waals surface area contributed by atoms with E-state index in [1.165, 1.54) is 18.4 Å². The second-order valence-electron chi connectivity index (χ2n) is 9.37. The standard InChI is InChI=1S/C20H31FO/c1-18-9-6-14(21)12-13(18)4-5-15-16(18)7-10-19(2)17(15)8-11-20(19,3)22/h4,14-17,22H,5-12H2,1-3H3/t14-,15+,16-,17-,18-,19-,20-/m0/s1. The highest BCUT2D eigenvalue weighted by atomic mass is 19.1. The summed E-state index contributed by atoms with van der Waals surface area (Å²) < 4.78 is 13.9. The molecule has 4 aliphatic carbocycles. The number of aliphatic hydroxyl groups is 1. The smallest absolute Gasteiger partial charge is 0.104 e. The SMILES string of the molecule is C[C@]12CC[C@H](F)CC1=CC[C@@H]1[C@@H]2CC[C@@]2(C)[C@H]1CC[C@]2(C)O. The van der Waals surface area contributed by atoms with Gasteiger partial charge in [0.15, 0.2) is 0 Å². The molecule has 4 rings (SSSR count). The van der Waals surface area contributed by atoms with Gasteiger partial charge in [0.2, 0.25) is 0 Å². The first-order chi connectivity index (χ1) is 10.3. The maximum atomic E-state index is 13.9. The summed E-state index contributed by atoms with van der Waals surface area (Å²) in [6.45, 7) is 6.81. The van der Waals surface area contributed by atoms with Crippen molar-refractivity contribution in [3.63, 3.8) is 0 Å². The van der Waals surface area contributed by atoms with E-state index in [1.807, 2.05) is 0 Å².